The Balaban J connectivity index is 2.22. The summed E-state index contributed by atoms with van der Waals surface area (Å²) in [6.45, 7) is 1.88. The molecule has 2 rings (SSSR count). The highest BCUT2D eigenvalue weighted by Crippen LogP contribution is 2.20. The quantitative estimate of drug-likeness (QED) is 0.886. The molecule has 2 heterocycles. The molecule has 7 nitrogen and oxygen atoms in total. The molecular formula is C11H12ClN5O2. The second-order valence-corrected chi connectivity index (χ2v) is 4.41. The molecule has 2 N–H and O–H groups in total. The van der Waals surface area contributed by atoms with E-state index in [2.05, 4.69) is 20.5 Å². The number of carboxylic acids is 1. The number of hydrogen-bond acceptors (Lipinski definition) is 5. The molecule has 1 unspecified atom stereocenters. The molecule has 0 aliphatic rings. The van der Waals surface area contributed by atoms with E-state index in [1.54, 1.807) is 17.0 Å². The van der Waals surface area contributed by atoms with Gasteiger partial charge in [0, 0.05) is 7.05 Å². The summed E-state index contributed by atoms with van der Waals surface area (Å²) in [5.74, 6) is -0.0362. The first-order chi connectivity index (χ1) is 8.99. The van der Waals surface area contributed by atoms with Crippen molar-refractivity contribution in [1.29, 1.82) is 0 Å². The van der Waals surface area contributed by atoms with Crippen molar-refractivity contribution in [2.45, 2.75) is 13.0 Å². The molecule has 0 fully saturated rings. The zero-order valence-electron chi connectivity index (χ0n) is 10.3. The van der Waals surface area contributed by atoms with Gasteiger partial charge in [0.05, 0.1) is 11.1 Å². The average Bonchev–Trinajstić information content (AvgIpc) is 2.77. The highest BCUT2D eigenvalue weighted by Gasteiger charge is 2.15. The van der Waals surface area contributed by atoms with Crippen molar-refractivity contribution in [3.63, 3.8) is 0 Å². The molecular weight excluding hydrogens is 270 g/mol. The summed E-state index contributed by atoms with van der Waals surface area (Å²) in [6.07, 6.45) is 1.59. The predicted molar refractivity (Wildman–Crippen MR) is 69.2 cm³/mol. The van der Waals surface area contributed by atoms with Crippen LogP contribution in [0.4, 0.5) is 5.82 Å². The highest BCUT2D eigenvalue weighted by atomic mass is 35.5. The molecule has 0 spiro atoms. The number of anilines is 1. The fourth-order valence-electron chi connectivity index (χ4n) is 1.64. The zero-order valence-corrected chi connectivity index (χ0v) is 11.1. The zero-order chi connectivity index (χ0) is 14.0. The average molecular weight is 282 g/mol. The summed E-state index contributed by atoms with van der Waals surface area (Å²) in [6, 6.07) is 2.94. The molecule has 0 aliphatic heterocycles. The number of carbonyl (C=O) groups is 1. The van der Waals surface area contributed by atoms with Crippen LogP contribution in [0.15, 0.2) is 18.5 Å². The molecule has 0 aromatic carbocycles. The number of rotatable bonds is 4. The third-order valence-electron chi connectivity index (χ3n) is 2.55. The van der Waals surface area contributed by atoms with E-state index in [4.69, 9.17) is 16.7 Å². The maximum atomic E-state index is 10.9. The third kappa shape index (κ3) is 2.82. The lowest BCUT2D eigenvalue weighted by Crippen LogP contribution is -2.14. The van der Waals surface area contributed by atoms with Gasteiger partial charge in [0.15, 0.2) is 11.5 Å². The summed E-state index contributed by atoms with van der Waals surface area (Å²) < 4.78 is 1.77. The van der Waals surface area contributed by atoms with Crippen molar-refractivity contribution in [3.8, 4) is 0 Å². The van der Waals surface area contributed by atoms with E-state index >= 15 is 0 Å². The second-order valence-electron chi connectivity index (χ2n) is 4.00. The molecule has 8 heteroatoms. The van der Waals surface area contributed by atoms with Gasteiger partial charge in [-0.1, -0.05) is 11.6 Å². The normalized spacial score (nSPS) is 12.2. The summed E-state index contributed by atoms with van der Waals surface area (Å²) in [7, 11) is 1.82. The molecule has 0 amide bonds. The topological polar surface area (TPSA) is 92.9 Å². The number of aromatic carboxylic acids is 1. The molecule has 0 bridgehead atoms. The second kappa shape index (κ2) is 5.23. The predicted octanol–water partition coefficient (Wildman–Crippen LogP) is 1.73. The maximum absolute atomic E-state index is 10.9. The Kier molecular flexibility index (Phi) is 3.66. The van der Waals surface area contributed by atoms with Crippen molar-refractivity contribution in [2.24, 2.45) is 7.05 Å². The van der Waals surface area contributed by atoms with Crippen LogP contribution < -0.4 is 5.32 Å². The largest absolute Gasteiger partial charge is 0.476 e. The summed E-state index contributed by atoms with van der Waals surface area (Å²) >= 11 is 5.75. The van der Waals surface area contributed by atoms with Crippen LogP contribution >= 0.6 is 11.6 Å². The molecule has 0 radical (unpaired) electrons. The van der Waals surface area contributed by atoms with Gasteiger partial charge in [-0.25, -0.2) is 9.78 Å². The first-order valence-corrected chi connectivity index (χ1v) is 5.87. The summed E-state index contributed by atoms with van der Waals surface area (Å²) in [4.78, 5) is 14.9. The standard InChI is InChI=1S/C11H12ClN5O2/c1-6(10-16-13-5-17(10)2)14-8-4-3-7(12)9(15-8)11(18)19/h3-6H,1-2H3,(H,14,15)(H,18,19). The number of aromatic nitrogens is 4. The number of hydrogen-bond donors (Lipinski definition) is 2. The molecule has 0 saturated carbocycles. The number of nitrogens with zero attached hydrogens (tertiary/aromatic N) is 4. The summed E-state index contributed by atoms with van der Waals surface area (Å²) in [5, 5.41) is 19.9. The molecule has 2 aromatic heterocycles. The van der Waals surface area contributed by atoms with Crippen LogP contribution in [0.1, 0.15) is 29.3 Å². The lowest BCUT2D eigenvalue weighted by molar-refractivity contribution is 0.0691. The molecule has 1 atom stereocenters. The molecule has 0 saturated heterocycles. The Morgan fingerprint density at radius 1 is 1.53 bits per heavy atom. The summed E-state index contributed by atoms with van der Waals surface area (Å²) in [5.41, 5.74) is -0.183. The van der Waals surface area contributed by atoms with Gasteiger partial charge in [0.25, 0.3) is 0 Å². The van der Waals surface area contributed by atoms with E-state index in [0.29, 0.717) is 11.6 Å². The molecule has 19 heavy (non-hydrogen) atoms. The highest BCUT2D eigenvalue weighted by molar-refractivity contribution is 6.33. The maximum Gasteiger partial charge on any atom is 0.356 e. The van der Waals surface area contributed by atoms with Gasteiger partial charge in [0.1, 0.15) is 12.1 Å². The molecule has 2 aromatic rings. The number of halogens is 1. The Hall–Kier alpha value is -2.15. The third-order valence-corrected chi connectivity index (χ3v) is 2.85. The van der Waals surface area contributed by atoms with E-state index in [0.717, 1.165) is 0 Å². The van der Waals surface area contributed by atoms with Crippen LogP contribution in [0.3, 0.4) is 0 Å². The van der Waals surface area contributed by atoms with Gasteiger partial charge in [-0.2, -0.15) is 0 Å². The van der Waals surface area contributed by atoms with Crippen LogP contribution in [0.25, 0.3) is 0 Å². The van der Waals surface area contributed by atoms with Crippen molar-refractivity contribution >= 4 is 23.4 Å². The Bertz CT molecular complexity index is 613. The van der Waals surface area contributed by atoms with Crippen LogP contribution in [-0.4, -0.2) is 30.8 Å². The molecule has 0 aliphatic carbocycles. The van der Waals surface area contributed by atoms with Gasteiger partial charge in [0.2, 0.25) is 0 Å². The van der Waals surface area contributed by atoms with E-state index in [1.165, 1.54) is 6.07 Å². The number of pyridine rings is 1. The van der Waals surface area contributed by atoms with E-state index in [1.807, 2.05) is 14.0 Å². The van der Waals surface area contributed by atoms with E-state index in [9.17, 15) is 4.79 Å². The van der Waals surface area contributed by atoms with Gasteiger partial charge >= 0.3 is 5.97 Å². The monoisotopic (exact) mass is 281 g/mol. The number of aryl methyl sites for hydroxylation is 1. The Morgan fingerprint density at radius 3 is 2.84 bits per heavy atom. The Morgan fingerprint density at radius 2 is 2.26 bits per heavy atom. The van der Waals surface area contributed by atoms with Crippen LogP contribution in [0, 0.1) is 0 Å². The van der Waals surface area contributed by atoms with E-state index in [-0.39, 0.29) is 16.8 Å². The van der Waals surface area contributed by atoms with Crippen molar-refractivity contribution in [2.75, 3.05) is 5.32 Å². The minimum Gasteiger partial charge on any atom is -0.476 e. The SMILES string of the molecule is CC(Nc1ccc(Cl)c(C(=O)O)n1)c1nncn1C. The number of nitrogens with one attached hydrogen (secondary N) is 1. The van der Waals surface area contributed by atoms with Crippen molar-refractivity contribution in [3.05, 3.63) is 35.0 Å². The van der Waals surface area contributed by atoms with Crippen molar-refractivity contribution < 1.29 is 9.90 Å². The fourth-order valence-corrected chi connectivity index (χ4v) is 1.83. The fraction of sp³-hybridized carbons (Fsp3) is 0.273. The van der Waals surface area contributed by atoms with Crippen LogP contribution in [0.5, 0.6) is 0 Å². The van der Waals surface area contributed by atoms with Crippen LogP contribution in [0.2, 0.25) is 5.02 Å². The first kappa shape index (κ1) is 13.3. The van der Waals surface area contributed by atoms with Gasteiger partial charge in [-0.3, -0.25) is 0 Å². The Labute approximate surface area is 114 Å². The number of carboxylic acid groups (broad SMARTS) is 1. The van der Waals surface area contributed by atoms with Gasteiger partial charge in [-0.15, -0.1) is 10.2 Å². The van der Waals surface area contributed by atoms with Crippen molar-refractivity contribution in [1.82, 2.24) is 19.7 Å². The van der Waals surface area contributed by atoms with Gasteiger partial charge in [-0.05, 0) is 19.1 Å². The lowest BCUT2D eigenvalue weighted by atomic mass is 10.3. The lowest BCUT2D eigenvalue weighted by Gasteiger charge is -2.14. The van der Waals surface area contributed by atoms with Gasteiger partial charge < -0.3 is 15.0 Å². The first-order valence-electron chi connectivity index (χ1n) is 5.49. The minimum atomic E-state index is -1.17. The smallest absolute Gasteiger partial charge is 0.356 e. The minimum absolute atomic E-state index is 0.101. The van der Waals surface area contributed by atoms with Crippen LogP contribution in [-0.2, 0) is 7.05 Å². The van der Waals surface area contributed by atoms with E-state index < -0.39 is 5.97 Å². The molecule has 100 valence electrons.